The number of allylic oxidation sites excluding steroid dienone is 1. The van der Waals surface area contributed by atoms with Gasteiger partial charge in [0.25, 0.3) is 0 Å². The Labute approximate surface area is 138 Å². The summed E-state index contributed by atoms with van der Waals surface area (Å²) in [4.78, 5) is 9.52. The number of nitrogens with one attached hydrogen (secondary N) is 1. The van der Waals surface area contributed by atoms with Crippen molar-refractivity contribution >= 4 is 5.82 Å². The predicted molar refractivity (Wildman–Crippen MR) is 91.7 cm³/mol. The first-order chi connectivity index (χ1) is 11.2. The molecule has 0 atom stereocenters. The number of nitrogens with zero attached hydrogens (tertiary/aromatic N) is 3. The Hall–Kier alpha value is -1.75. The van der Waals surface area contributed by atoms with E-state index in [9.17, 15) is 0 Å². The maximum atomic E-state index is 6.22. The maximum Gasteiger partial charge on any atom is 0.138 e. The lowest BCUT2D eigenvalue weighted by Gasteiger charge is -2.34. The first-order valence-electron chi connectivity index (χ1n) is 8.80. The molecule has 0 spiro atoms. The van der Waals surface area contributed by atoms with Gasteiger partial charge in [-0.25, -0.2) is 4.98 Å². The van der Waals surface area contributed by atoms with Crippen molar-refractivity contribution in [1.29, 1.82) is 0 Å². The maximum absolute atomic E-state index is 6.22. The van der Waals surface area contributed by atoms with Crippen LogP contribution in [0.4, 0.5) is 5.82 Å². The van der Waals surface area contributed by atoms with Gasteiger partial charge in [0, 0.05) is 56.1 Å². The number of ether oxygens (including phenoxy) is 1. The fraction of sp³-hybridized carbons (Fsp3) is 0.611. The number of hydrogen-bond donors (Lipinski definition) is 1. The van der Waals surface area contributed by atoms with Gasteiger partial charge < -0.3 is 19.9 Å². The number of hydrogen-bond acceptors (Lipinski definition) is 5. The van der Waals surface area contributed by atoms with Gasteiger partial charge in [-0.15, -0.1) is 0 Å². The van der Waals surface area contributed by atoms with Crippen molar-refractivity contribution in [1.82, 2.24) is 15.2 Å². The lowest BCUT2D eigenvalue weighted by atomic mass is 10.1. The highest BCUT2D eigenvalue weighted by Gasteiger charge is 2.28. The van der Waals surface area contributed by atoms with E-state index in [-0.39, 0.29) is 0 Å². The normalized spacial score (nSPS) is 21.7. The van der Waals surface area contributed by atoms with Gasteiger partial charge in [0.2, 0.25) is 0 Å². The summed E-state index contributed by atoms with van der Waals surface area (Å²) in [6.07, 6.45) is 7.52. The van der Waals surface area contributed by atoms with Crippen molar-refractivity contribution in [3.63, 3.8) is 0 Å². The molecule has 0 amide bonds. The molecule has 3 aliphatic heterocycles. The van der Waals surface area contributed by atoms with Crippen LogP contribution in [0.5, 0.6) is 5.75 Å². The average molecular weight is 314 g/mol. The molecule has 1 saturated heterocycles. The molecular formula is C18H26N4O. The Bertz CT molecular complexity index is 605. The Morgan fingerprint density at radius 1 is 1.26 bits per heavy atom. The minimum atomic E-state index is 0.328. The van der Waals surface area contributed by atoms with Crippen molar-refractivity contribution in [3.05, 3.63) is 29.7 Å². The van der Waals surface area contributed by atoms with Crippen molar-refractivity contribution < 1.29 is 4.74 Å². The number of aromatic nitrogens is 1. The van der Waals surface area contributed by atoms with Crippen LogP contribution in [0.25, 0.3) is 0 Å². The fourth-order valence-electron chi connectivity index (χ4n) is 3.79. The largest absolute Gasteiger partial charge is 0.489 e. The third-order valence-electron chi connectivity index (χ3n) is 5.15. The van der Waals surface area contributed by atoms with Crippen LogP contribution in [0.2, 0.25) is 0 Å². The van der Waals surface area contributed by atoms with Gasteiger partial charge in [-0.3, -0.25) is 0 Å². The Morgan fingerprint density at radius 2 is 2.09 bits per heavy atom. The lowest BCUT2D eigenvalue weighted by molar-refractivity contribution is 0.0840. The second-order valence-electron chi connectivity index (χ2n) is 7.02. The van der Waals surface area contributed by atoms with Crippen molar-refractivity contribution in [2.45, 2.75) is 45.3 Å². The highest BCUT2D eigenvalue weighted by molar-refractivity contribution is 5.62. The van der Waals surface area contributed by atoms with E-state index in [2.05, 4.69) is 46.2 Å². The molecule has 0 unspecified atom stereocenters. The third kappa shape index (κ3) is 2.90. The molecule has 1 aromatic rings. The molecule has 3 aliphatic rings. The molecule has 0 aliphatic carbocycles. The molecule has 1 fully saturated rings. The summed E-state index contributed by atoms with van der Waals surface area (Å²) >= 11 is 0. The molecule has 5 heteroatoms. The van der Waals surface area contributed by atoms with E-state index >= 15 is 0 Å². The zero-order chi connectivity index (χ0) is 15.8. The molecule has 5 nitrogen and oxygen atoms in total. The minimum Gasteiger partial charge on any atom is -0.489 e. The lowest BCUT2D eigenvalue weighted by Crippen LogP contribution is -2.41. The van der Waals surface area contributed by atoms with Gasteiger partial charge in [-0.1, -0.05) is 0 Å². The van der Waals surface area contributed by atoms with Gasteiger partial charge in [-0.05, 0) is 32.8 Å². The number of pyridine rings is 1. The quantitative estimate of drug-likeness (QED) is 0.926. The van der Waals surface area contributed by atoms with Crippen LogP contribution in [0, 0.1) is 0 Å². The molecule has 4 heterocycles. The second-order valence-corrected chi connectivity index (χ2v) is 7.02. The molecule has 124 valence electrons. The number of rotatable bonds is 3. The molecule has 1 aromatic heterocycles. The molecule has 0 aromatic carbocycles. The fourth-order valence-corrected chi connectivity index (χ4v) is 3.79. The summed E-state index contributed by atoms with van der Waals surface area (Å²) in [5.41, 5.74) is 2.61. The van der Waals surface area contributed by atoms with E-state index in [1.807, 2.05) is 6.20 Å². The molecular weight excluding hydrogens is 288 g/mol. The Kier molecular flexibility index (Phi) is 3.89. The zero-order valence-electron chi connectivity index (χ0n) is 14.1. The SMILES string of the molecule is CC(C)N1CCC(Oc2cnc3c(c2)CC2=CNCCN23)CC1. The monoisotopic (exact) mass is 314 g/mol. The van der Waals surface area contributed by atoms with E-state index in [4.69, 9.17) is 4.74 Å². The molecule has 0 radical (unpaired) electrons. The number of fused-ring (bicyclic) bond motifs is 3. The van der Waals surface area contributed by atoms with Gasteiger partial charge >= 0.3 is 0 Å². The van der Waals surface area contributed by atoms with E-state index in [0.29, 0.717) is 12.1 Å². The highest BCUT2D eigenvalue weighted by Crippen LogP contribution is 2.35. The van der Waals surface area contributed by atoms with E-state index in [1.54, 1.807) is 0 Å². The first-order valence-corrected chi connectivity index (χ1v) is 8.80. The van der Waals surface area contributed by atoms with Crippen LogP contribution < -0.4 is 15.0 Å². The molecule has 4 rings (SSSR count). The predicted octanol–water partition coefficient (Wildman–Crippen LogP) is 2.14. The number of piperidine rings is 1. The van der Waals surface area contributed by atoms with E-state index in [1.165, 1.54) is 11.3 Å². The smallest absolute Gasteiger partial charge is 0.138 e. The van der Waals surface area contributed by atoms with Crippen LogP contribution in [-0.2, 0) is 6.42 Å². The molecule has 0 saturated carbocycles. The van der Waals surface area contributed by atoms with Crippen LogP contribution in [0.1, 0.15) is 32.3 Å². The molecule has 0 bridgehead atoms. The third-order valence-corrected chi connectivity index (χ3v) is 5.15. The summed E-state index contributed by atoms with van der Waals surface area (Å²) < 4.78 is 6.22. The average Bonchev–Trinajstić information content (AvgIpc) is 2.93. The highest BCUT2D eigenvalue weighted by atomic mass is 16.5. The minimum absolute atomic E-state index is 0.328. The van der Waals surface area contributed by atoms with Gasteiger partial charge in [0.1, 0.15) is 17.7 Å². The van der Waals surface area contributed by atoms with Gasteiger partial charge in [0.15, 0.2) is 0 Å². The Morgan fingerprint density at radius 3 is 2.87 bits per heavy atom. The van der Waals surface area contributed by atoms with Crippen LogP contribution in [-0.4, -0.2) is 48.2 Å². The van der Waals surface area contributed by atoms with Gasteiger partial charge in [0.05, 0.1) is 6.20 Å². The Balaban J connectivity index is 1.42. The molecule has 23 heavy (non-hydrogen) atoms. The molecule has 1 N–H and O–H groups in total. The number of likely N-dealkylation sites (tertiary alicyclic amines) is 1. The van der Waals surface area contributed by atoms with E-state index in [0.717, 1.165) is 57.0 Å². The van der Waals surface area contributed by atoms with Gasteiger partial charge in [-0.2, -0.15) is 0 Å². The summed E-state index contributed by atoms with van der Waals surface area (Å²) in [7, 11) is 0. The first kappa shape index (κ1) is 14.8. The summed E-state index contributed by atoms with van der Waals surface area (Å²) in [5, 5.41) is 3.32. The summed E-state index contributed by atoms with van der Waals surface area (Å²) in [6.45, 7) is 8.78. The van der Waals surface area contributed by atoms with Crippen LogP contribution in [0.15, 0.2) is 24.2 Å². The van der Waals surface area contributed by atoms with E-state index < -0.39 is 0 Å². The van der Waals surface area contributed by atoms with Crippen molar-refractivity contribution in [2.75, 3.05) is 31.1 Å². The zero-order valence-corrected chi connectivity index (χ0v) is 14.1. The topological polar surface area (TPSA) is 40.6 Å². The van der Waals surface area contributed by atoms with Crippen molar-refractivity contribution in [2.24, 2.45) is 0 Å². The summed E-state index contributed by atoms with van der Waals surface area (Å²) in [5.74, 6) is 2.04. The number of anilines is 1. The van der Waals surface area contributed by atoms with Crippen LogP contribution >= 0.6 is 0 Å². The van der Waals surface area contributed by atoms with Crippen molar-refractivity contribution in [3.8, 4) is 5.75 Å². The standard InChI is InChI=1S/C18H26N4O/c1-13(2)21-6-3-16(4-7-21)23-17-10-14-9-15-11-19-5-8-22(15)18(14)20-12-17/h10-13,16,19H,3-9H2,1-2H3. The second kappa shape index (κ2) is 6.04. The van der Waals surface area contributed by atoms with Crippen LogP contribution in [0.3, 0.4) is 0 Å². The summed E-state index contributed by atoms with van der Waals surface area (Å²) in [6, 6.07) is 2.83.